The molecule has 0 aromatic heterocycles. The lowest BCUT2D eigenvalue weighted by atomic mass is 9.95. The largest absolute Gasteiger partial charge is 0.492 e. The Bertz CT molecular complexity index is 1330. The number of hydrogen-bond acceptors (Lipinski definition) is 6. The number of rotatable bonds is 6. The van der Waals surface area contributed by atoms with Crippen LogP contribution in [0.4, 0.5) is 0 Å². The van der Waals surface area contributed by atoms with E-state index in [2.05, 4.69) is 21.2 Å². The molecule has 0 saturated carbocycles. The molecular formula is C27H26BrNO5S. The molecule has 0 radical (unpaired) electrons. The topological polar surface area (TPSA) is 73.9 Å². The molecule has 6 nitrogen and oxygen atoms in total. The Kier molecular flexibility index (Phi) is 7.72. The number of carbonyl (C=O) groups is 1. The van der Waals surface area contributed by atoms with E-state index in [1.807, 2.05) is 36.6 Å². The second kappa shape index (κ2) is 10.7. The molecule has 0 saturated heterocycles. The third-order valence-electron chi connectivity index (χ3n) is 6.15. The summed E-state index contributed by atoms with van der Waals surface area (Å²) in [5.41, 5.74) is 3.76. The SMILES string of the molecule is COc1c(Br)c2c(c(OC)c1OC)-c1ccc(SC)c(=O)cc1[C@@H](NC(=O)c1ccccc1)CC2. The third kappa shape index (κ3) is 4.65. The Morgan fingerprint density at radius 2 is 1.69 bits per heavy atom. The Morgan fingerprint density at radius 3 is 2.31 bits per heavy atom. The van der Waals surface area contributed by atoms with Crippen LogP contribution in [-0.4, -0.2) is 33.5 Å². The predicted molar refractivity (Wildman–Crippen MR) is 142 cm³/mol. The van der Waals surface area contributed by atoms with Gasteiger partial charge in [-0.15, -0.1) is 11.8 Å². The van der Waals surface area contributed by atoms with E-state index in [1.165, 1.54) is 11.8 Å². The van der Waals surface area contributed by atoms with Crippen LogP contribution in [0.15, 0.2) is 62.7 Å². The Hall–Kier alpha value is -2.97. The molecule has 0 spiro atoms. The highest BCUT2D eigenvalue weighted by Gasteiger charge is 2.32. The van der Waals surface area contributed by atoms with Crippen molar-refractivity contribution in [2.45, 2.75) is 23.8 Å². The predicted octanol–water partition coefficient (Wildman–Crippen LogP) is 5.64. The van der Waals surface area contributed by atoms with Crippen molar-refractivity contribution in [3.05, 3.63) is 79.9 Å². The molecular weight excluding hydrogens is 530 g/mol. The minimum absolute atomic E-state index is 0.0975. The number of thioether (sulfide) groups is 1. The molecule has 8 heteroatoms. The van der Waals surface area contributed by atoms with Crippen molar-refractivity contribution in [2.75, 3.05) is 27.6 Å². The molecule has 0 aliphatic heterocycles. The second-order valence-electron chi connectivity index (χ2n) is 7.98. The smallest absolute Gasteiger partial charge is 0.251 e. The van der Waals surface area contributed by atoms with Gasteiger partial charge in [-0.05, 0) is 76.0 Å². The molecule has 182 valence electrons. The van der Waals surface area contributed by atoms with Crippen molar-refractivity contribution in [1.29, 1.82) is 0 Å². The molecule has 1 aliphatic rings. The first kappa shape index (κ1) is 25.1. The van der Waals surface area contributed by atoms with Crippen molar-refractivity contribution in [1.82, 2.24) is 5.32 Å². The van der Waals surface area contributed by atoms with Crippen molar-refractivity contribution < 1.29 is 19.0 Å². The van der Waals surface area contributed by atoms with Crippen molar-refractivity contribution in [3.63, 3.8) is 0 Å². The van der Waals surface area contributed by atoms with Crippen LogP contribution in [-0.2, 0) is 6.42 Å². The average molecular weight is 556 g/mol. The fourth-order valence-electron chi connectivity index (χ4n) is 4.52. The molecule has 1 aliphatic carbocycles. The van der Waals surface area contributed by atoms with Gasteiger partial charge >= 0.3 is 0 Å². The molecule has 1 atom stereocenters. The van der Waals surface area contributed by atoms with E-state index in [9.17, 15) is 9.59 Å². The van der Waals surface area contributed by atoms with Crippen molar-refractivity contribution in [2.24, 2.45) is 0 Å². The van der Waals surface area contributed by atoms with Gasteiger partial charge in [-0.1, -0.05) is 24.3 Å². The van der Waals surface area contributed by atoms with E-state index in [-0.39, 0.29) is 11.3 Å². The van der Waals surface area contributed by atoms with Crippen LogP contribution in [0.25, 0.3) is 11.1 Å². The fourth-order valence-corrected chi connectivity index (χ4v) is 5.72. The molecule has 1 N–H and O–H groups in total. The molecule has 3 aromatic rings. The summed E-state index contributed by atoms with van der Waals surface area (Å²) in [6, 6.07) is 14.0. The van der Waals surface area contributed by atoms with E-state index in [1.54, 1.807) is 39.5 Å². The highest BCUT2D eigenvalue weighted by Crippen LogP contribution is 2.54. The van der Waals surface area contributed by atoms with Gasteiger partial charge in [0.2, 0.25) is 5.75 Å². The van der Waals surface area contributed by atoms with Crippen LogP contribution in [0.3, 0.4) is 0 Å². The van der Waals surface area contributed by atoms with Gasteiger partial charge in [-0.2, -0.15) is 0 Å². The molecule has 0 unspecified atom stereocenters. The maximum atomic E-state index is 13.1. The molecule has 1 amide bonds. The summed E-state index contributed by atoms with van der Waals surface area (Å²) in [5, 5.41) is 3.16. The highest BCUT2D eigenvalue weighted by atomic mass is 79.9. The quantitative estimate of drug-likeness (QED) is 0.396. The van der Waals surface area contributed by atoms with Gasteiger partial charge < -0.3 is 19.5 Å². The number of methoxy groups -OCH3 is 3. The number of amides is 1. The maximum absolute atomic E-state index is 13.1. The number of fused-ring (bicyclic) bond motifs is 3. The normalized spacial score (nSPS) is 14.3. The van der Waals surface area contributed by atoms with Crippen LogP contribution >= 0.6 is 27.7 Å². The third-order valence-corrected chi connectivity index (χ3v) is 7.76. The lowest BCUT2D eigenvalue weighted by Crippen LogP contribution is -2.29. The van der Waals surface area contributed by atoms with Gasteiger partial charge in [-0.3, -0.25) is 9.59 Å². The average Bonchev–Trinajstić information content (AvgIpc) is 3.13. The van der Waals surface area contributed by atoms with Crippen LogP contribution in [0, 0.1) is 0 Å². The van der Waals surface area contributed by atoms with E-state index in [4.69, 9.17) is 14.2 Å². The van der Waals surface area contributed by atoms with E-state index in [0.29, 0.717) is 40.5 Å². The summed E-state index contributed by atoms with van der Waals surface area (Å²) < 4.78 is 17.9. The minimum atomic E-state index is -0.395. The van der Waals surface area contributed by atoms with Gasteiger partial charge in [-0.25, -0.2) is 0 Å². The Balaban J connectivity index is 1.99. The number of halogens is 1. The van der Waals surface area contributed by atoms with E-state index >= 15 is 0 Å². The monoisotopic (exact) mass is 555 g/mol. The van der Waals surface area contributed by atoms with E-state index < -0.39 is 6.04 Å². The second-order valence-corrected chi connectivity index (χ2v) is 9.62. The van der Waals surface area contributed by atoms with Gasteiger partial charge in [0.1, 0.15) is 0 Å². The van der Waals surface area contributed by atoms with Crippen LogP contribution in [0.5, 0.6) is 17.2 Å². The lowest BCUT2D eigenvalue weighted by molar-refractivity contribution is 0.0935. The first-order valence-corrected chi connectivity index (χ1v) is 13.1. The van der Waals surface area contributed by atoms with Crippen LogP contribution in [0.1, 0.15) is 33.9 Å². The summed E-state index contributed by atoms with van der Waals surface area (Å²) in [5.74, 6) is 1.31. The molecule has 0 heterocycles. The minimum Gasteiger partial charge on any atom is -0.492 e. The standard InChI is InChI=1S/C27H26BrNO5S/c1-32-24-22-16-11-13-21(35-4)20(30)14-18(16)19(29-27(31)15-8-6-5-7-9-15)12-10-17(22)23(28)25(33-2)26(24)34-3/h5-9,11,13-14,19H,10,12H2,1-4H3,(H,29,31)/t19-/m0/s1. The first-order chi connectivity index (χ1) is 16.9. The van der Waals surface area contributed by atoms with Crippen molar-refractivity contribution in [3.8, 4) is 28.4 Å². The van der Waals surface area contributed by atoms with Gasteiger partial charge in [0.25, 0.3) is 5.91 Å². The lowest BCUT2D eigenvalue weighted by Gasteiger charge is -2.21. The number of carbonyl (C=O) groups excluding carboxylic acids is 1. The van der Waals surface area contributed by atoms with Crippen molar-refractivity contribution >= 4 is 33.6 Å². The zero-order valence-electron chi connectivity index (χ0n) is 19.9. The number of benzene rings is 2. The summed E-state index contributed by atoms with van der Waals surface area (Å²) >= 11 is 5.10. The maximum Gasteiger partial charge on any atom is 0.251 e. The molecule has 4 rings (SSSR count). The molecule has 35 heavy (non-hydrogen) atoms. The Labute approximate surface area is 217 Å². The first-order valence-electron chi connectivity index (χ1n) is 11.0. The zero-order chi connectivity index (χ0) is 25.1. The summed E-state index contributed by atoms with van der Waals surface area (Å²) in [6.07, 6.45) is 3.05. The number of ether oxygens (including phenoxy) is 3. The summed E-state index contributed by atoms with van der Waals surface area (Å²) in [4.78, 5) is 26.8. The van der Waals surface area contributed by atoms with Gasteiger partial charge in [0, 0.05) is 11.1 Å². The van der Waals surface area contributed by atoms with Crippen LogP contribution < -0.4 is 25.0 Å². The van der Waals surface area contributed by atoms with E-state index in [0.717, 1.165) is 26.7 Å². The zero-order valence-corrected chi connectivity index (χ0v) is 22.3. The van der Waals surface area contributed by atoms with Gasteiger partial charge in [0.15, 0.2) is 16.9 Å². The highest BCUT2D eigenvalue weighted by molar-refractivity contribution is 9.10. The summed E-state index contributed by atoms with van der Waals surface area (Å²) in [7, 11) is 4.72. The fraction of sp³-hybridized carbons (Fsp3) is 0.259. The van der Waals surface area contributed by atoms with Crippen LogP contribution in [0.2, 0.25) is 0 Å². The number of hydrogen-bond donors (Lipinski definition) is 1. The molecule has 3 aromatic carbocycles. The molecule has 0 bridgehead atoms. The summed E-state index contributed by atoms with van der Waals surface area (Å²) in [6.45, 7) is 0. The number of nitrogens with one attached hydrogen (secondary N) is 1. The Morgan fingerprint density at radius 1 is 1.00 bits per heavy atom. The van der Waals surface area contributed by atoms with Gasteiger partial charge in [0.05, 0.1) is 36.7 Å². The molecule has 0 fully saturated rings.